The fourth-order valence-electron chi connectivity index (χ4n) is 2.75. The van der Waals surface area contributed by atoms with Crippen LogP contribution in [0.4, 0.5) is 5.69 Å². The fourth-order valence-corrected chi connectivity index (χ4v) is 3.96. The van der Waals surface area contributed by atoms with Gasteiger partial charge in [-0.3, -0.25) is 10.1 Å². The molecule has 0 N–H and O–H groups in total. The Labute approximate surface area is 193 Å². The Balaban J connectivity index is 2.07. The lowest BCUT2D eigenvalue weighted by atomic mass is 10.1. The van der Waals surface area contributed by atoms with Crippen molar-refractivity contribution in [2.75, 3.05) is 0 Å². The van der Waals surface area contributed by atoms with Gasteiger partial charge in [0.1, 0.15) is 5.56 Å². The second-order valence-electron chi connectivity index (χ2n) is 7.67. The van der Waals surface area contributed by atoms with Crippen molar-refractivity contribution >= 4 is 46.6 Å². The van der Waals surface area contributed by atoms with E-state index >= 15 is 0 Å². The summed E-state index contributed by atoms with van der Waals surface area (Å²) in [5.41, 5.74) is -0.489. The molecule has 3 aromatic rings. The SMILES string of the molecule is Cc1nn(C(C)(C)C)c(OC(=O)c2cc(Cl)ccc2[N+](=O)[O-])c1Sc1ccc(Cl)cc1. The highest BCUT2D eigenvalue weighted by Crippen LogP contribution is 2.40. The Morgan fingerprint density at radius 2 is 1.74 bits per heavy atom. The molecule has 0 atom stereocenters. The van der Waals surface area contributed by atoms with Crippen LogP contribution >= 0.6 is 35.0 Å². The number of nitro groups is 1. The van der Waals surface area contributed by atoms with Crippen molar-refractivity contribution in [3.8, 4) is 5.88 Å². The van der Waals surface area contributed by atoms with Gasteiger partial charge in [-0.25, -0.2) is 9.48 Å². The zero-order valence-electron chi connectivity index (χ0n) is 17.2. The predicted molar refractivity (Wildman–Crippen MR) is 121 cm³/mol. The molecule has 31 heavy (non-hydrogen) atoms. The molecule has 0 aliphatic heterocycles. The van der Waals surface area contributed by atoms with E-state index in [1.807, 2.05) is 32.9 Å². The van der Waals surface area contributed by atoms with Gasteiger partial charge in [0.05, 0.1) is 21.1 Å². The predicted octanol–water partition coefficient (Wildman–Crippen LogP) is 6.53. The minimum atomic E-state index is -0.891. The van der Waals surface area contributed by atoms with Gasteiger partial charge in [0.15, 0.2) is 0 Å². The molecule has 0 saturated heterocycles. The van der Waals surface area contributed by atoms with Crippen molar-refractivity contribution in [2.45, 2.75) is 43.0 Å². The molecule has 10 heteroatoms. The fraction of sp³-hybridized carbons (Fsp3) is 0.238. The number of nitro benzene ring substituents is 1. The maximum Gasteiger partial charge on any atom is 0.351 e. The first-order valence-corrected chi connectivity index (χ1v) is 10.7. The number of ether oxygens (including phenoxy) is 1. The zero-order valence-corrected chi connectivity index (χ0v) is 19.5. The van der Waals surface area contributed by atoms with Gasteiger partial charge in [-0.2, -0.15) is 5.10 Å². The number of nitrogens with zero attached hydrogens (tertiary/aromatic N) is 3. The third-order valence-electron chi connectivity index (χ3n) is 4.20. The van der Waals surface area contributed by atoms with Gasteiger partial charge in [0, 0.05) is 21.0 Å². The molecule has 3 rings (SSSR count). The first kappa shape index (κ1) is 23.1. The van der Waals surface area contributed by atoms with Gasteiger partial charge in [0.2, 0.25) is 5.88 Å². The van der Waals surface area contributed by atoms with E-state index in [0.29, 0.717) is 15.6 Å². The number of aromatic nitrogens is 2. The average Bonchev–Trinajstić information content (AvgIpc) is 2.99. The molecule has 162 valence electrons. The van der Waals surface area contributed by atoms with Gasteiger partial charge in [-0.1, -0.05) is 35.0 Å². The summed E-state index contributed by atoms with van der Waals surface area (Å²) in [4.78, 5) is 25.2. The van der Waals surface area contributed by atoms with Gasteiger partial charge in [-0.05, 0) is 64.1 Å². The topological polar surface area (TPSA) is 87.3 Å². The van der Waals surface area contributed by atoms with Crippen LogP contribution in [0.3, 0.4) is 0 Å². The molecular formula is C21H19Cl2N3O4S. The molecular weight excluding hydrogens is 461 g/mol. The molecule has 1 heterocycles. The van der Waals surface area contributed by atoms with Crippen molar-refractivity contribution in [3.05, 3.63) is 73.9 Å². The lowest BCUT2D eigenvalue weighted by molar-refractivity contribution is -0.385. The number of halogens is 2. The van der Waals surface area contributed by atoms with Crippen LogP contribution in [0.2, 0.25) is 10.0 Å². The zero-order chi connectivity index (χ0) is 22.9. The van der Waals surface area contributed by atoms with Crippen LogP contribution in [-0.4, -0.2) is 20.7 Å². The average molecular weight is 480 g/mol. The summed E-state index contributed by atoms with van der Waals surface area (Å²) >= 11 is 13.3. The van der Waals surface area contributed by atoms with Crippen molar-refractivity contribution in [2.24, 2.45) is 0 Å². The van der Waals surface area contributed by atoms with Crippen molar-refractivity contribution in [1.29, 1.82) is 0 Å². The molecule has 7 nitrogen and oxygen atoms in total. The number of carbonyl (C=O) groups is 1. The molecule has 2 aromatic carbocycles. The van der Waals surface area contributed by atoms with Gasteiger partial charge >= 0.3 is 5.97 Å². The minimum absolute atomic E-state index is 0.189. The number of hydrogen-bond donors (Lipinski definition) is 0. The Morgan fingerprint density at radius 3 is 2.32 bits per heavy atom. The smallest absolute Gasteiger partial charge is 0.351 e. The third kappa shape index (κ3) is 5.20. The van der Waals surface area contributed by atoms with Crippen molar-refractivity contribution in [3.63, 3.8) is 0 Å². The summed E-state index contributed by atoms with van der Waals surface area (Å²) < 4.78 is 7.30. The molecule has 0 bridgehead atoms. The van der Waals surface area contributed by atoms with Gasteiger partial charge in [0.25, 0.3) is 5.69 Å². The lowest BCUT2D eigenvalue weighted by Crippen LogP contribution is -2.25. The largest absolute Gasteiger partial charge is 0.403 e. The van der Waals surface area contributed by atoms with Crippen LogP contribution in [0.1, 0.15) is 36.8 Å². The molecule has 0 fully saturated rings. The molecule has 0 saturated carbocycles. The summed E-state index contributed by atoms with van der Waals surface area (Å²) in [5, 5.41) is 16.7. The molecule has 0 radical (unpaired) electrons. The standard InChI is InChI=1S/C21H19Cl2N3O4S/c1-12-18(31-15-8-5-13(22)6-9-15)19(25(24-12)21(2,3)4)30-20(27)16-11-14(23)7-10-17(16)26(28)29/h5-11H,1-4H3. The second-order valence-corrected chi connectivity index (χ2v) is 9.62. The summed E-state index contributed by atoms with van der Waals surface area (Å²) in [6.45, 7) is 7.54. The highest BCUT2D eigenvalue weighted by atomic mass is 35.5. The normalized spacial score (nSPS) is 11.4. The van der Waals surface area contributed by atoms with Crippen LogP contribution < -0.4 is 4.74 Å². The maximum absolute atomic E-state index is 13.0. The van der Waals surface area contributed by atoms with Crippen LogP contribution in [0.5, 0.6) is 5.88 Å². The number of aryl methyl sites for hydroxylation is 1. The number of carbonyl (C=O) groups excluding carboxylic acids is 1. The maximum atomic E-state index is 13.0. The van der Waals surface area contributed by atoms with E-state index in [1.165, 1.54) is 30.0 Å². The summed E-state index contributed by atoms with van der Waals surface area (Å²) in [7, 11) is 0. The highest BCUT2D eigenvalue weighted by Gasteiger charge is 2.30. The van der Waals surface area contributed by atoms with E-state index in [0.717, 1.165) is 4.90 Å². The van der Waals surface area contributed by atoms with E-state index < -0.39 is 16.4 Å². The van der Waals surface area contributed by atoms with E-state index in [1.54, 1.807) is 23.7 Å². The number of rotatable bonds is 5. The van der Waals surface area contributed by atoms with Crippen LogP contribution in [0, 0.1) is 17.0 Å². The van der Waals surface area contributed by atoms with Crippen LogP contribution in [-0.2, 0) is 5.54 Å². The second kappa shape index (κ2) is 8.90. The Morgan fingerprint density at radius 1 is 1.13 bits per heavy atom. The molecule has 0 amide bonds. The van der Waals surface area contributed by atoms with Gasteiger partial charge < -0.3 is 4.74 Å². The first-order chi connectivity index (χ1) is 14.5. The van der Waals surface area contributed by atoms with Gasteiger partial charge in [-0.15, -0.1) is 0 Å². The number of benzene rings is 2. The quantitative estimate of drug-likeness (QED) is 0.234. The first-order valence-electron chi connectivity index (χ1n) is 9.17. The summed E-state index contributed by atoms with van der Waals surface area (Å²) in [6.07, 6.45) is 0. The van der Waals surface area contributed by atoms with E-state index in [2.05, 4.69) is 5.10 Å². The molecule has 1 aromatic heterocycles. The lowest BCUT2D eigenvalue weighted by Gasteiger charge is -2.22. The van der Waals surface area contributed by atoms with Crippen LogP contribution in [0.25, 0.3) is 0 Å². The van der Waals surface area contributed by atoms with E-state index in [9.17, 15) is 14.9 Å². The summed E-state index contributed by atoms with van der Waals surface area (Å²) in [5.74, 6) is -0.693. The monoisotopic (exact) mass is 479 g/mol. The Bertz CT molecular complexity index is 1150. The van der Waals surface area contributed by atoms with E-state index in [-0.39, 0.29) is 22.2 Å². The molecule has 0 aliphatic rings. The number of esters is 1. The minimum Gasteiger partial charge on any atom is -0.403 e. The van der Waals surface area contributed by atoms with Crippen LogP contribution in [0.15, 0.2) is 52.3 Å². The third-order valence-corrected chi connectivity index (χ3v) is 5.87. The highest BCUT2D eigenvalue weighted by molar-refractivity contribution is 7.99. The Kier molecular flexibility index (Phi) is 6.64. The summed E-state index contributed by atoms with van der Waals surface area (Å²) in [6, 6.07) is 10.9. The molecule has 0 aliphatic carbocycles. The van der Waals surface area contributed by atoms with Crippen molar-refractivity contribution < 1.29 is 14.5 Å². The Hall–Kier alpha value is -2.55. The number of hydrogen-bond acceptors (Lipinski definition) is 6. The van der Waals surface area contributed by atoms with Crippen molar-refractivity contribution in [1.82, 2.24) is 9.78 Å². The van der Waals surface area contributed by atoms with E-state index in [4.69, 9.17) is 27.9 Å². The molecule has 0 spiro atoms. The molecule has 0 unspecified atom stereocenters.